The number of thiazole rings is 1. The Bertz CT molecular complexity index is 694. The van der Waals surface area contributed by atoms with Gasteiger partial charge in [0, 0.05) is 23.0 Å². The van der Waals surface area contributed by atoms with E-state index in [0.29, 0.717) is 17.0 Å². The number of benzene rings is 1. The molecule has 92 valence electrons. The first kappa shape index (κ1) is 11.7. The Balaban J connectivity index is 2.01. The van der Waals surface area contributed by atoms with E-state index in [2.05, 4.69) is 20.9 Å². The van der Waals surface area contributed by atoms with Gasteiger partial charge in [0.05, 0.1) is 5.69 Å². The Hall–Kier alpha value is -1.40. The van der Waals surface area contributed by atoms with E-state index < -0.39 is 0 Å². The minimum atomic E-state index is -0.325. The zero-order valence-corrected chi connectivity index (χ0v) is 11.5. The van der Waals surface area contributed by atoms with Crippen LogP contribution >= 0.6 is 27.3 Å². The number of ether oxygens (including phenoxy) is 1. The zero-order valence-electron chi connectivity index (χ0n) is 9.14. The highest BCUT2D eigenvalue weighted by Gasteiger charge is 2.14. The largest absolute Gasteiger partial charge is 0.437 e. The monoisotopic (exact) mass is 326 g/mol. The molecule has 0 unspecified atom stereocenters. The molecule has 0 N–H and O–H groups in total. The molecule has 18 heavy (non-hydrogen) atoms. The number of nitrogens with zero attached hydrogens (tertiary/aromatic N) is 2. The molecule has 0 aliphatic heterocycles. The van der Waals surface area contributed by atoms with E-state index in [0.717, 1.165) is 10.7 Å². The molecular formula is C12H8BrFN2OS. The molecule has 3 aromatic rings. The average Bonchev–Trinajstić information content (AvgIpc) is 2.89. The summed E-state index contributed by atoms with van der Waals surface area (Å²) in [4.78, 5) is 5.23. The van der Waals surface area contributed by atoms with E-state index in [1.165, 1.54) is 23.5 Å². The Morgan fingerprint density at radius 2 is 2.33 bits per heavy atom. The lowest BCUT2D eigenvalue weighted by Crippen LogP contribution is -1.91. The first-order chi connectivity index (χ1) is 8.78. The van der Waals surface area contributed by atoms with Gasteiger partial charge >= 0.3 is 0 Å². The van der Waals surface area contributed by atoms with Gasteiger partial charge in [-0.05, 0) is 12.1 Å². The van der Waals surface area contributed by atoms with Gasteiger partial charge in [-0.25, -0.2) is 4.39 Å². The number of hydrogen-bond acceptors (Lipinski definition) is 3. The molecule has 2 heterocycles. The van der Waals surface area contributed by atoms with Gasteiger partial charge < -0.3 is 4.74 Å². The summed E-state index contributed by atoms with van der Waals surface area (Å²) in [7, 11) is 0. The van der Waals surface area contributed by atoms with Crippen LogP contribution in [0.25, 0.3) is 4.96 Å². The van der Waals surface area contributed by atoms with Gasteiger partial charge in [-0.3, -0.25) is 4.40 Å². The van der Waals surface area contributed by atoms with Crippen molar-refractivity contribution in [1.29, 1.82) is 0 Å². The van der Waals surface area contributed by atoms with Crippen molar-refractivity contribution in [3.63, 3.8) is 0 Å². The molecule has 0 spiro atoms. The van der Waals surface area contributed by atoms with Crippen molar-refractivity contribution in [2.75, 3.05) is 0 Å². The third kappa shape index (κ3) is 2.02. The molecule has 3 rings (SSSR count). The molecule has 2 aromatic heterocycles. The Labute approximate surface area is 115 Å². The molecule has 0 radical (unpaired) electrons. The van der Waals surface area contributed by atoms with E-state index >= 15 is 0 Å². The van der Waals surface area contributed by atoms with Gasteiger partial charge in [0.15, 0.2) is 4.96 Å². The van der Waals surface area contributed by atoms with Gasteiger partial charge in [0.2, 0.25) is 5.88 Å². The summed E-state index contributed by atoms with van der Waals surface area (Å²) in [6.07, 6.45) is 1.93. The number of alkyl halides is 1. The van der Waals surface area contributed by atoms with Gasteiger partial charge in [-0.1, -0.05) is 22.0 Å². The predicted molar refractivity (Wildman–Crippen MR) is 72.2 cm³/mol. The van der Waals surface area contributed by atoms with Crippen molar-refractivity contribution in [3.8, 4) is 11.6 Å². The SMILES string of the molecule is Fc1cccc(Oc2nc3sccn3c2CBr)c1. The van der Waals surface area contributed by atoms with Crippen molar-refractivity contribution >= 4 is 32.2 Å². The minimum Gasteiger partial charge on any atom is -0.437 e. The molecule has 0 aliphatic rings. The lowest BCUT2D eigenvalue weighted by atomic mass is 10.3. The fourth-order valence-electron chi connectivity index (χ4n) is 1.66. The van der Waals surface area contributed by atoms with E-state index in [-0.39, 0.29) is 5.82 Å². The van der Waals surface area contributed by atoms with Crippen molar-refractivity contribution in [2.24, 2.45) is 0 Å². The van der Waals surface area contributed by atoms with Crippen molar-refractivity contribution in [1.82, 2.24) is 9.38 Å². The van der Waals surface area contributed by atoms with Crippen LogP contribution in [0.1, 0.15) is 5.69 Å². The summed E-state index contributed by atoms with van der Waals surface area (Å²) in [6, 6.07) is 6.03. The smallest absolute Gasteiger partial charge is 0.243 e. The summed E-state index contributed by atoms with van der Waals surface area (Å²) in [5.74, 6) is 0.626. The Morgan fingerprint density at radius 1 is 1.44 bits per heavy atom. The van der Waals surface area contributed by atoms with Crippen molar-refractivity contribution in [3.05, 3.63) is 47.4 Å². The number of aromatic nitrogens is 2. The molecule has 1 aromatic carbocycles. The summed E-state index contributed by atoms with van der Waals surface area (Å²) < 4.78 is 20.7. The fraction of sp³-hybridized carbons (Fsp3) is 0.0833. The molecule has 6 heteroatoms. The van der Waals surface area contributed by atoms with Crippen LogP contribution in [-0.2, 0) is 5.33 Å². The minimum absolute atomic E-state index is 0.325. The molecule has 0 saturated heterocycles. The van der Waals surface area contributed by atoms with Crippen LogP contribution in [-0.4, -0.2) is 9.38 Å². The summed E-state index contributed by atoms with van der Waals surface area (Å²) >= 11 is 4.94. The molecule has 3 nitrogen and oxygen atoms in total. The average molecular weight is 327 g/mol. The van der Waals surface area contributed by atoms with E-state index in [9.17, 15) is 4.39 Å². The van der Waals surface area contributed by atoms with Crippen LogP contribution in [0.5, 0.6) is 11.6 Å². The maximum Gasteiger partial charge on any atom is 0.243 e. The summed E-state index contributed by atoms with van der Waals surface area (Å²) in [6.45, 7) is 0. The van der Waals surface area contributed by atoms with Crippen LogP contribution < -0.4 is 4.74 Å². The number of rotatable bonds is 3. The molecular weight excluding hydrogens is 319 g/mol. The standard InChI is InChI=1S/C12H8BrFN2OS/c13-7-10-11(15-12-16(10)4-5-18-12)17-9-3-1-2-8(14)6-9/h1-6H,7H2. The van der Waals surface area contributed by atoms with Crippen molar-refractivity contribution < 1.29 is 9.13 Å². The molecule has 0 saturated carbocycles. The van der Waals surface area contributed by atoms with Gasteiger partial charge in [0.1, 0.15) is 11.6 Å². The van der Waals surface area contributed by atoms with Gasteiger partial charge in [-0.2, -0.15) is 4.98 Å². The summed E-state index contributed by atoms with van der Waals surface area (Å²) in [5.41, 5.74) is 0.913. The summed E-state index contributed by atoms with van der Waals surface area (Å²) in [5, 5.41) is 2.58. The first-order valence-corrected chi connectivity index (χ1v) is 7.22. The molecule has 0 amide bonds. The van der Waals surface area contributed by atoms with E-state index in [1.807, 2.05) is 16.0 Å². The lowest BCUT2D eigenvalue weighted by Gasteiger charge is -2.04. The highest BCUT2D eigenvalue weighted by molar-refractivity contribution is 9.08. The van der Waals surface area contributed by atoms with Crippen LogP contribution in [0, 0.1) is 5.82 Å². The molecule has 0 atom stereocenters. The second-order valence-corrected chi connectivity index (χ2v) is 5.05. The van der Waals surface area contributed by atoms with Crippen LogP contribution in [0.4, 0.5) is 4.39 Å². The van der Waals surface area contributed by atoms with Crippen LogP contribution in [0.3, 0.4) is 0 Å². The quantitative estimate of drug-likeness (QED) is 0.673. The third-order valence-electron chi connectivity index (χ3n) is 2.46. The fourth-order valence-corrected chi connectivity index (χ4v) is 2.89. The lowest BCUT2D eigenvalue weighted by molar-refractivity contribution is 0.457. The Morgan fingerprint density at radius 3 is 3.11 bits per heavy atom. The maximum atomic E-state index is 13.1. The van der Waals surface area contributed by atoms with E-state index in [1.54, 1.807) is 12.1 Å². The normalized spacial score (nSPS) is 11.0. The molecule has 0 fully saturated rings. The number of hydrogen-bond donors (Lipinski definition) is 0. The predicted octanol–water partition coefficient (Wildman–Crippen LogP) is 4.22. The van der Waals surface area contributed by atoms with Gasteiger partial charge in [0.25, 0.3) is 0 Å². The first-order valence-electron chi connectivity index (χ1n) is 5.22. The third-order valence-corrected chi connectivity index (χ3v) is 3.75. The Kier molecular flexibility index (Phi) is 3.05. The molecule has 0 aliphatic carbocycles. The van der Waals surface area contributed by atoms with Crippen LogP contribution in [0.2, 0.25) is 0 Å². The number of fused-ring (bicyclic) bond motifs is 1. The van der Waals surface area contributed by atoms with E-state index in [4.69, 9.17) is 4.74 Å². The number of imidazole rings is 1. The number of halogens is 2. The topological polar surface area (TPSA) is 26.5 Å². The zero-order chi connectivity index (χ0) is 12.5. The van der Waals surface area contributed by atoms with Crippen molar-refractivity contribution in [2.45, 2.75) is 5.33 Å². The highest BCUT2D eigenvalue weighted by Crippen LogP contribution is 2.29. The van der Waals surface area contributed by atoms with Gasteiger partial charge in [-0.15, -0.1) is 11.3 Å². The highest BCUT2D eigenvalue weighted by atomic mass is 79.9. The second kappa shape index (κ2) is 4.70. The molecule has 0 bridgehead atoms. The van der Waals surface area contributed by atoms with Crippen LogP contribution in [0.15, 0.2) is 35.8 Å². The second-order valence-electron chi connectivity index (χ2n) is 3.61. The maximum absolute atomic E-state index is 13.1.